The highest BCUT2D eigenvalue weighted by molar-refractivity contribution is 8.00. The van der Waals surface area contributed by atoms with Crippen LogP contribution in [0.2, 0.25) is 0 Å². The predicted molar refractivity (Wildman–Crippen MR) is 95.1 cm³/mol. The van der Waals surface area contributed by atoms with Crippen molar-refractivity contribution >= 4 is 45.8 Å². The van der Waals surface area contributed by atoms with Crippen molar-refractivity contribution in [3.8, 4) is 0 Å². The Morgan fingerprint density at radius 1 is 1.56 bits per heavy atom. The molecule has 1 saturated heterocycles. The summed E-state index contributed by atoms with van der Waals surface area (Å²) in [6, 6.07) is -0.615. The van der Waals surface area contributed by atoms with Crippen LogP contribution in [0.5, 0.6) is 0 Å². The highest BCUT2D eigenvalue weighted by atomic mass is 32.2. The van der Waals surface area contributed by atoms with Crippen molar-refractivity contribution < 1.29 is 19.2 Å². The van der Waals surface area contributed by atoms with Crippen LogP contribution in [0.3, 0.4) is 0 Å². The summed E-state index contributed by atoms with van der Waals surface area (Å²) in [4.78, 5) is 35.2. The standard InChI is InChI=1S/C14H17N5O4S2/c1-22-4-7-3-19-12(21)10(13(19)24-5-7)17-11(20)9(18-23-2)8-6-25-14(15)16-8/h3,6,10,13H,4-5H2,1-2H3,(H2,15,16)(H,17,20)/t10?,13-/m0/s1. The molecule has 3 rings (SSSR count). The molecule has 3 N–H and O–H groups in total. The number of nitrogen functional groups attached to an aromatic ring is 1. The lowest BCUT2D eigenvalue weighted by Gasteiger charge is -2.47. The number of methoxy groups -OCH3 is 1. The smallest absolute Gasteiger partial charge is 0.276 e. The number of rotatable bonds is 6. The zero-order valence-electron chi connectivity index (χ0n) is 13.6. The second kappa shape index (κ2) is 7.42. The first-order valence-electron chi connectivity index (χ1n) is 7.30. The van der Waals surface area contributed by atoms with Crippen LogP contribution in [-0.4, -0.2) is 65.4 Å². The normalized spacial score (nSPS) is 22.8. The van der Waals surface area contributed by atoms with E-state index in [1.165, 1.54) is 18.4 Å². The van der Waals surface area contributed by atoms with Crippen molar-refractivity contribution in [2.45, 2.75) is 11.4 Å². The van der Waals surface area contributed by atoms with Crippen LogP contribution in [-0.2, 0) is 19.2 Å². The molecule has 1 fully saturated rings. The number of fused-ring (bicyclic) bond motifs is 1. The topological polar surface area (TPSA) is 119 Å². The second-order valence-electron chi connectivity index (χ2n) is 5.31. The molecule has 134 valence electrons. The van der Waals surface area contributed by atoms with E-state index in [9.17, 15) is 9.59 Å². The Labute approximate surface area is 152 Å². The molecule has 11 heteroatoms. The number of carbonyl (C=O) groups excluding carboxylic acids is 2. The number of ether oxygens (including phenoxy) is 1. The van der Waals surface area contributed by atoms with Gasteiger partial charge in [0.2, 0.25) is 0 Å². The molecule has 0 aliphatic carbocycles. The molecule has 2 aliphatic rings. The third kappa shape index (κ3) is 3.48. The van der Waals surface area contributed by atoms with E-state index in [4.69, 9.17) is 15.3 Å². The van der Waals surface area contributed by atoms with Gasteiger partial charge in [-0.15, -0.1) is 23.1 Å². The van der Waals surface area contributed by atoms with Crippen molar-refractivity contribution in [1.29, 1.82) is 0 Å². The van der Waals surface area contributed by atoms with Gasteiger partial charge in [0.05, 0.1) is 6.61 Å². The minimum absolute atomic E-state index is 0.0156. The van der Waals surface area contributed by atoms with Crippen LogP contribution in [0.15, 0.2) is 22.3 Å². The summed E-state index contributed by atoms with van der Waals surface area (Å²) in [6.45, 7) is 0.483. The minimum Gasteiger partial charge on any atom is -0.398 e. The zero-order chi connectivity index (χ0) is 18.0. The van der Waals surface area contributed by atoms with Gasteiger partial charge in [-0.25, -0.2) is 4.98 Å². The first kappa shape index (κ1) is 17.7. The van der Waals surface area contributed by atoms with E-state index in [2.05, 4.69) is 15.5 Å². The summed E-state index contributed by atoms with van der Waals surface area (Å²) in [5, 5.41) is 8.21. The van der Waals surface area contributed by atoms with Gasteiger partial charge >= 0.3 is 0 Å². The van der Waals surface area contributed by atoms with E-state index in [0.717, 1.165) is 11.3 Å². The van der Waals surface area contributed by atoms with Crippen LogP contribution >= 0.6 is 23.1 Å². The lowest BCUT2D eigenvalue weighted by Crippen LogP contribution is -2.69. The molecule has 0 aromatic carbocycles. The predicted octanol–water partition coefficient (Wildman–Crippen LogP) is 0.00600. The third-order valence-electron chi connectivity index (χ3n) is 3.62. The number of carbonyl (C=O) groups is 2. The Morgan fingerprint density at radius 3 is 3.00 bits per heavy atom. The molecule has 3 heterocycles. The van der Waals surface area contributed by atoms with Crippen LogP contribution in [0, 0.1) is 0 Å². The van der Waals surface area contributed by atoms with Crippen molar-refractivity contribution in [3.05, 3.63) is 22.8 Å². The lowest BCUT2D eigenvalue weighted by atomic mass is 10.1. The number of thioether (sulfide) groups is 1. The van der Waals surface area contributed by atoms with Gasteiger partial charge < -0.3 is 25.5 Å². The third-order valence-corrected chi connectivity index (χ3v) is 5.67. The number of thiazole rings is 1. The zero-order valence-corrected chi connectivity index (χ0v) is 15.2. The number of β-lactam (4-membered cyclic amide) rings is 1. The number of nitrogens with two attached hydrogens (primary N) is 1. The average molecular weight is 383 g/mol. The van der Waals surface area contributed by atoms with Crippen molar-refractivity contribution in [3.63, 3.8) is 0 Å². The van der Waals surface area contributed by atoms with Crippen molar-refractivity contribution in [2.75, 3.05) is 32.3 Å². The molecule has 25 heavy (non-hydrogen) atoms. The van der Waals surface area contributed by atoms with Crippen LogP contribution in [0.1, 0.15) is 5.69 Å². The van der Waals surface area contributed by atoms with Gasteiger partial charge in [-0.3, -0.25) is 9.59 Å². The minimum atomic E-state index is -0.615. The first-order valence-corrected chi connectivity index (χ1v) is 9.23. The number of hydrogen-bond acceptors (Lipinski definition) is 9. The number of anilines is 1. The van der Waals surface area contributed by atoms with Crippen LogP contribution in [0.25, 0.3) is 0 Å². The van der Waals surface area contributed by atoms with Gasteiger partial charge in [0.25, 0.3) is 11.8 Å². The maximum Gasteiger partial charge on any atom is 0.276 e. The average Bonchev–Trinajstić information content (AvgIpc) is 3.03. The fourth-order valence-electron chi connectivity index (χ4n) is 2.53. The summed E-state index contributed by atoms with van der Waals surface area (Å²) >= 11 is 2.77. The van der Waals surface area contributed by atoms with Gasteiger partial charge in [0.1, 0.15) is 24.2 Å². The Hall–Kier alpha value is -2.11. The quantitative estimate of drug-likeness (QED) is 0.403. The summed E-state index contributed by atoms with van der Waals surface area (Å²) in [7, 11) is 2.94. The van der Waals surface area contributed by atoms with Gasteiger partial charge in [-0.2, -0.15) is 0 Å². The molecule has 0 saturated carbocycles. The van der Waals surface area contributed by atoms with E-state index in [0.29, 0.717) is 17.4 Å². The molecule has 0 spiro atoms. The molecule has 2 atom stereocenters. The Morgan fingerprint density at radius 2 is 2.36 bits per heavy atom. The van der Waals surface area contributed by atoms with Gasteiger partial charge in [-0.1, -0.05) is 5.16 Å². The molecule has 1 unspecified atom stereocenters. The number of amides is 2. The van der Waals surface area contributed by atoms with E-state index in [1.54, 1.807) is 35.4 Å². The number of aromatic nitrogens is 1. The van der Waals surface area contributed by atoms with Crippen LogP contribution < -0.4 is 11.1 Å². The molecular formula is C14H17N5O4S2. The summed E-state index contributed by atoms with van der Waals surface area (Å²) < 4.78 is 5.09. The SMILES string of the molecule is COCC1=CN2C(=O)C(NC(=O)C(=NOC)c3csc(N)n3)[C@@H]2SC1. The molecule has 2 aliphatic heterocycles. The van der Waals surface area contributed by atoms with Gasteiger partial charge in [0, 0.05) is 24.4 Å². The van der Waals surface area contributed by atoms with E-state index in [1.807, 2.05) is 0 Å². The Kier molecular flexibility index (Phi) is 5.25. The molecule has 9 nitrogen and oxygen atoms in total. The van der Waals surface area contributed by atoms with Crippen LogP contribution in [0.4, 0.5) is 5.13 Å². The fourth-order valence-corrected chi connectivity index (χ4v) is 4.32. The molecule has 0 bridgehead atoms. The largest absolute Gasteiger partial charge is 0.398 e. The molecular weight excluding hydrogens is 366 g/mol. The highest BCUT2D eigenvalue weighted by Gasteiger charge is 2.49. The summed E-state index contributed by atoms with van der Waals surface area (Å²) in [6.07, 6.45) is 1.79. The van der Waals surface area contributed by atoms with E-state index in [-0.39, 0.29) is 17.0 Å². The Bertz CT molecular complexity index is 747. The Balaban J connectivity index is 1.69. The summed E-state index contributed by atoms with van der Waals surface area (Å²) in [5.41, 5.74) is 6.92. The monoisotopic (exact) mass is 383 g/mol. The fraction of sp³-hybridized carbons (Fsp3) is 0.429. The maximum atomic E-state index is 12.5. The van der Waals surface area contributed by atoms with Gasteiger partial charge in [-0.05, 0) is 5.57 Å². The van der Waals surface area contributed by atoms with E-state index < -0.39 is 11.9 Å². The molecule has 1 aromatic heterocycles. The first-order chi connectivity index (χ1) is 12.0. The summed E-state index contributed by atoms with van der Waals surface area (Å²) in [5.74, 6) is 0.0437. The lowest BCUT2D eigenvalue weighted by molar-refractivity contribution is -0.143. The maximum absolute atomic E-state index is 12.5. The van der Waals surface area contributed by atoms with E-state index >= 15 is 0 Å². The molecule has 2 amide bonds. The number of oxime groups is 1. The number of nitrogens with zero attached hydrogens (tertiary/aromatic N) is 3. The van der Waals surface area contributed by atoms with Crippen molar-refractivity contribution in [2.24, 2.45) is 5.16 Å². The van der Waals surface area contributed by atoms with Gasteiger partial charge in [0.15, 0.2) is 10.8 Å². The van der Waals surface area contributed by atoms with Crippen molar-refractivity contribution in [1.82, 2.24) is 15.2 Å². The molecule has 0 radical (unpaired) electrons. The molecule has 1 aromatic rings. The second-order valence-corrected chi connectivity index (χ2v) is 7.31. The highest BCUT2D eigenvalue weighted by Crippen LogP contribution is 2.36. The number of nitrogens with one attached hydrogen (secondary N) is 1. The number of hydrogen-bond donors (Lipinski definition) is 2.